The van der Waals surface area contributed by atoms with E-state index in [0.717, 1.165) is 0 Å². The normalized spacial score (nSPS) is 13.7. The van der Waals surface area contributed by atoms with Crippen molar-refractivity contribution in [1.29, 1.82) is 0 Å². The Morgan fingerprint density at radius 2 is 2.11 bits per heavy atom. The molecule has 0 heterocycles. The zero-order valence-electron chi connectivity index (χ0n) is 11.1. The molecule has 0 N–H and O–H groups in total. The molecule has 0 saturated heterocycles. The van der Waals surface area contributed by atoms with Gasteiger partial charge in [0.2, 0.25) is 10.0 Å². The molecular formula is C13H19ClFNO2S. The van der Waals surface area contributed by atoms with E-state index in [1.165, 1.54) is 16.4 Å². The molecule has 0 aromatic heterocycles. The van der Waals surface area contributed by atoms with Crippen LogP contribution >= 0.6 is 11.6 Å². The Morgan fingerprint density at radius 1 is 1.42 bits per heavy atom. The monoisotopic (exact) mass is 307 g/mol. The fourth-order valence-corrected chi connectivity index (χ4v) is 3.78. The molecule has 1 unspecified atom stereocenters. The molecule has 1 atom stereocenters. The van der Waals surface area contributed by atoms with Crippen molar-refractivity contribution >= 4 is 21.6 Å². The molecule has 1 aromatic carbocycles. The van der Waals surface area contributed by atoms with Crippen molar-refractivity contribution < 1.29 is 12.8 Å². The summed E-state index contributed by atoms with van der Waals surface area (Å²) in [7, 11) is -3.37. The van der Waals surface area contributed by atoms with Crippen LogP contribution in [0.5, 0.6) is 0 Å². The van der Waals surface area contributed by atoms with Crippen LogP contribution in [0.1, 0.15) is 19.4 Å². The Bertz CT molecular complexity index is 507. The van der Waals surface area contributed by atoms with Crippen LogP contribution in [0.2, 0.25) is 0 Å². The average Bonchev–Trinajstić information content (AvgIpc) is 2.35. The van der Waals surface area contributed by atoms with Gasteiger partial charge >= 0.3 is 0 Å². The van der Waals surface area contributed by atoms with Crippen LogP contribution in [-0.4, -0.2) is 30.9 Å². The predicted octanol–water partition coefficient (Wildman–Crippen LogP) is 2.85. The minimum absolute atomic E-state index is 0.0135. The number of hydrogen-bond acceptors (Lipinski definition) is 2. The highest BCUT2D eigenvalue weighted by Gasteiger charge is 2.23. The van der Waals surface area contributed by atoms with Crippen molar-refractivity contribution in [2.24, 2.45) is 5.92 Å². The predicted molar refractivity (Wildman–Crippen MR) is 76.2 cm³/mol. The van der Waals surface area contributed by atoms with Gasteiger partial charge < -0.3 is 0 Å². The first-order chi connectivity index (χ1) is 8.89. The van der Waals surface area contributed by atoms with Crippen molar-refractivity contribution in [3.63, 3.8) is 0 Å². The summed E-state index contributed by atoms with van der Waals surface area (Å²) in [6.45, 7) is 4.10. The Labute approximate surface area is 119 Å². The van der Waals surface area contributed by atoms with Crippen LogP contribution in [0, 0.1) is 11.7 Å². The summed E-state index contributed by atoms with van der Waals surface area (Å²) in [4.78, 5) is 0. The van der Waals surface area contributed by atoms with Gasteiger partial charge in [0.25, 0.3) is 0 Å². The lowest BCUT2D eigenvalue weighted by Gasteiger charge is -2.22. The topological polar surface area (TPSA) is 37.4 Å². The van der Waals surface area contributed by atoms with Gasteiger partial charge in [-0.05, 0) is 23.6 Å². The second-order valence-corrected chi connectivity index (χ2v) is 6.92. The second kappa shape index (κ2) is 7.22. The average molecular weight is 308 g/mol. The summed E-state index contributed by atoms with van der Waals surface area (Å²) >= 11 is 5.65. The third-order valence-electron chi connectivity index (χ3n) is 2.75. The number of rotatable bonds is 7. The highest BCUT2D eigenvalue weighted by molar-refractivity contribution is 7.89. The number of nitrogens with zero attached hydrogens (tertiary/aromatic N) is 1. The third kappa shape index (κ3) is 5.09. The van der Waals surface area contributed by atoms with Crippen molar-refractivity contribution in [2.75, 3.05) is 18.2 Å². The van der Waals surface area contributed by atoms with Gasteiger partial charge in [-0.2, -0.15) is 4.31 Å². The fourth-order valence-electron chi connectivity index (χ4n) is 1.76. The summed E-state index contributed by atoms with van der Waals surface area (Å²) in [5.41, 5.74) is 0.643. The summed E-state index contributed by atoms with van der Waals surface area (Å²) in [5, 5.41) is 0. The number of sulfonamides is 1. The zero-order chi connectivity index (χ0) is 14.5. The first-order valence-corrected chi connectivity index (χ1v) is 8.31. The van der Waals surface area contributed by atoms with E-state index in [1.807, 2.05) is 0 Å². The molecule has 3 nitrogen and oxygen atoms in total. The molecule has 0 aliphatic rings. The lowest BCUT2D eigenvalue weighted by Crippen LogP contribution is -2.34. The second-order valence-electron chi connectivity index (χ2n) is 4.59. The van der Waals surface area contributed by atoms with Crippen LogP contribution < -0.4 is 0 Å². The van der Waals surface area contributed by atoms with Gasteiger partial charge in [0.05, 0.1) is 5.75 Å². The van der Waals surface area contributed by atoms with E-state index < -0.39 is 10.0 Å². The molecule has 19 heavy (non-hydrogen) atoms. The smallest absolute Gasteiger partial charge is 0.212 e. The van der Waals surface area contributed by atoms with Gasteiger partial charge in [-0.3, -0.25) is 0 Å². The summed E-state index contributed by atoms with van der Waals surface area (Å²) < 4.78 is 38.8. The quantitative estimate of drug-likeness (QED) is 0.726. The molecule has 1 rings (SSSR count). The number of benzene rings is 1. The van der Waals surface area contributed by atoms with Gasteiger partial charge in [-0.25, -0.2) is 12.8 Å². The van der Waals surface area contributed by atoms with Crippen molar-refractivity contribution in [3.05, 3.63) is 35.6 Å². The molecule has 0 bridgehead atoms. The van der Waals surface area contributed by atoms with Gasteiger partial charge in [0, 0.05) is 19.0 Å². The molecule has 0 amide bonds. The molecular weight excluding hydrogens is 289 g/mol. The van der Waals surface area contributed by atoms with E-state index in [0.29, 0.717) is 18.0 Å². The molecule has 0 aliphatic carbocycles. The van der Waals surface area contributed by atoms with E-state index in [9.17, 15) is 12.8 Å². The number of hydrogen-bond donors (Lipinski definition) is 0. The summed E-state index contributed by atoms with van der Waals surface area (Å²) in [5.74, 6) is -0.149. The molecule has 0 fully saturated rings. The first kappa shape index (κ1) is 16.4. The van der Waals surface area contributed by atoms with Crippen molar-refractivity contribution in [3.8, 4) is 0 Å². The summed E-state index contributed by atoms with van der Waals surface area (Å²) in [6.07, 6.45) is 0. The SMILES string of the molecule is CCN(Cc1cccc(F)c1)S(=O)(=O)CC(C)CCl. The van der Waals surface area contributed by atoms with Crippen LogP contribution in [0.4, 0.5) is 4.39 Å². The Balaban J connectivity index is 2.83. The molecule has 0 radical (unpaired) electrons. The van der Waals surface area contributed by atoms with Crippen LogP contribution in [-0.2, 0) is 16.6 Å². The van der Waals surface area contributed by atoms with E-state index >= 15 is 0 Å². The fraction of sp³-hybridized carbons (Fsp3) is 0.538. The minimum Gasteiger partial charge on any atom is -0.212 e. The number of halogens is 2. The Morgan fingerprint density at radius 3 is 2.63 bits per heavy atom. The van der Waals surface area contributed by atoms with Crippen LogP contribution in [0.3, 0.4) is 0 Å². The standard InChI is InChI=1S/C13H19ClFNO2S/c1-3-16(19(17,18)10-11(2)8-14)9-12-5-4-6-13(15)7-12/h4-7,11H,3,8-10H2,1-2H3. The highest BCUT2D eigenvalue weighted by atomic mass is 35.5. The maximum Gasteiger partial charge on any atom is 0.214 e. The lowest BCUT2D eigenvalue weighted by molar-refractivity contribution is 0.418. The van der Waals surface area contributed by atoms with Crippen molar-refractivity contribution in [2.45, 2.75) is 20.4 Å². The van der Waals surface area contributed by atoms with E-state index in [2.05, 4.69) is 0 Å². The van der Waals surface area contributed by atoms with Crippen LogP contribution in [0.15, 0.2) is 24.3 Å². The molecule has 1 aromatic rings. The molecule has 0 saturated carbocycles. The zero-order valence-corrected chi connectivity index (χ0v) is 12.7. The third-order valence-corrected chi connectivity index (χ3v) is 5.44. The summed E-state index contributed by atoms with van der Waals surface area (Å²) in [6, 6.07) is 5.98. The maximum absolute atomic E-state index is 13.1. The Hall–Kier alpha value is -0.650. The van der Waals surface area contributed by atoms with Crippen LogP contribution in [0.25, 0.3) is 0 Å². The first-order valence-electron chi connectivity index (χ1n) is 6.17. The van der Waals surface area contributed by atoms with Gasteiger partial charge in [0.15, 0.2) is 0 Å². The highest BCUT2D eigenvalue weighted by Crippen LogP contribution is 2.14. The van der Waals surface area contributed by atoms with Gasteiger partial charge in [-0.15, -0.1) is 11.6 Å². The Kier molecular flexibility index (Phi) is 6.23. The molecule has 0 aliphatic heterocycles. The lowest BCUT2D eigenvalue weighted by atomic mass is 10.2. The molecule has 0 spiro atoms. The van der Waals surface area contributed by atoms with Crippen molar-refractivity contribution in [1.82, 2.24) is 4.31 Å². The minimum atomic E-state index is -3.37. The van der Waals surface area contributed by atoms with E-state index in [-0.39, 0.29) is 24.0 Å². The van der Waals surface area contributed by atoms with E-state index in [4.69, 9.17) is 11.6 Å². The molecule has 6 heteroatoms. The molecule has 108 valence electrons. The number of alkyl halides is 1. The largest absolute Gasteiger partial charge is 0.214 e. The maximum atomic E-state index is 13.1. The van der Waals surface area contributed by atoms with E-state index in [1.54, 1.807) is 26.0 Å². The van der Waals surface area contributed by atoms with Gasteiger partial charge in [0.1, 0.15) is 5.82 Å². The van der Waals surface area contributed by atoms with Gasteiger partial charge in [-0.1, -0.05) is 26.0 Å².